The summed E-state index contributed by atoms with van der Waals surface area (Å²) in [6, 6.07) is 18.1. The molecule has 0 radical (unpaired) electrons. The Morgan fingerprint density at radius 2 is 1.32 bits per heavy atom. The fourth-order valence-corrected chi connectivity index (χ4v) is 2.01. The van der Waals surface area contributed by atoms with E-state index in [-0.39, 0.29) is 13.2 Å². The molecule has 0 aromatic heterocycles. The number of nitrogens with two attached hydrogens (primary N) is 1. The van der Waals surface area contributed by atoms with Crippen molar-refractivity contribution in [3.63, 3.8) is 0 Å². The van der Waals surface area contributed by atoms with E-state index in [9.17, 15) is 10.2 Å². The van der Waals surface area contributed by atoms with Crippen LogP contribution in [0.3, 0.4) is 0 Å². The number of hydrogen-bond acceptors (Lipinski definition) is 3. The molecule has 2 aromatic carbocycles. The summed E-state index contributed by atoms with van der Waals surface area (Å²) in [4.78, 5) is 0. The fourth-order valence-electron chi connectivity index (χ4n) is 2.01. The lowest BCUT2D eigenvalue weighted by molar-refractivity contribution is 0.121. The average molecular weight is 257 g/mol. The SMILES string of the molecule is NC(CO)(CO)Cc1ccc(-c2ccccc2)cc1. The van der Waals surface area contributed by atoms with Crippen LogP contribution in [0.15, 0.2) is 54.6 Å². The highest BCUT2D eigenvalue weighted by molar-refractivity contribution is 5.63. The maximum absolute atomic E-state index is 9.19. The van der Waals surface area contributed by atoms with Crippen LogP contribution in [-0.2, 0) is 6.42 Å². The summed E-state index contributed by atoms with van der Waals surface area (Å²) in [7, 11) is 0. The van der Waals surface area contributed by atoms with Crippen molar-refractivity contribution in [3.8, 4) is 11.1 Å². The predicted molar refractivity (Wildman–Crippen MR) is 76.7 cm³/mol. The Balaban J connectivity index is 2.15. The molecule has 0 amide bonds. The first-order chi connectivity index (χ1) is 9.17. The quantitative estimate of drug-likeness (QED) is 0.762. The second-order valence-electron chi connectivity index (χ2n) is 4.92. The van der Waals surface area contributed by atoms with Crippen molar-refractivity contribution in [1.29, 1.82) is 0 Å². The third kappa shape index (κ3) is 3.41. The van der Waals surface area contributed by atoms with E-state index in [0.29, 0.717) is 6.42 Å². The van der Waals surface area contributed by atoms with Crippen molar-refractivity contribution in [2.75, 3.05) is 13.2 Å². The molecule has 0 atom stereocenters. The molecule has 2 rings (SSSR count). The van der Waals surface area contributed by atoms with Crippen LogP contribution < -0.4 is 5.73 Å². The third-order valence-electron chi connectivity index (χ3n) is 3.25. The van der Waals surface area contributed by atoms with Crippen LogP contribution in [-0.4, -0.2) is 29.0 Å². The summed E-state index contributed by atoms with van der Waals surface area (Å²) in [6.07, 6.45) is 0.453. The highest BCUT2D eigenvalue weighted by Gasteiger charge is 2.23. The molecule has 0 bridgehead atoms. The van der Waals surface area contributed by atoms with Gasteiger partial charge in [0.05, 0.1) is 18.8 Å². The third-order valence-corrected chi connectivity index (χ3v) is 3.25. The Morgan fingerprint density at radius 1 is 0.789 bits per heavy atom. The van der Waals surface area contributed by atoms with Crippen LogP contribution in [0.1, 0.15) is 5.56 Å². The highest BCUT2D eigenvalue weighted by Crippen LogP contribution is 2.20. The molecule has 0 saturated carbocycles. The molecular weight excluding hydrogens is 238 g/mol. The maximum atomic E-state index is 9.19. The minimum Gasteiger partial charge on any atom is -0.394 e. The molecule has 2 aromatic rings. The van der Waals surface area contributed by atoms with Crippen LogP contribution in [0, 0.1) is 0 Å². The first kappa shape index (κ1) is 13.7. The van der Waals surface area contributed by atoms with E-state index >= 15 is 0 Å². The second kappa shape index (κ2) is 5.97. The van der Waals surface area contributed by atoms with Crippen molar-refractivity contribution in [2.45, 2.75) is 12.0 Å². The number of rotatable bonds is 5. The van der Waals surface area contributed by atoms with Crippen molar-refractivity contribution < 1.29 is 10.2 Å². The zero-order chi connectivity index (χ0) is 13.7. The van der Waals surface area contributed by atoms with Gasteiger partial charge in [-0.05, 0) is 23.1 Å². The van der Waals surface area contributed by atoms with Crippen LogP contribution in [0.5, 0.6) is 0 Å². The lowest BCUT2D eigenvalue weighted by Gasteiger charge is -2.24. The van der Waals surface area contributed by atoms with Gasteiger partial charge in [-0.2, -0.15) is 0 Å². The molecule has 4 N–H and O–H groups in total. The van der Waals surface area contributed by atoms with Gasteiger partial charge in [-0.15, -0.1) is 0 Å². The van der Waals surface area contributed by atoms with Gasteiger partial charge in [-0.1, -0.05) is 54.6 Å². The molecule has 0 spiro atoms. The van der Waals surface area contributed by atoms with Gasteiger partial charge < -0.3 is 15.9 Å². The zero-order valence-corrected chi connectivity index (χ0v) is 10.8. The molecule has 0 aliphatic rings. The van der Waals surface area contributed by atoms with Gasteiger partial charge in [0.2, 0.25) is 0 Å². The molecule has 0 fully saturated rings. The number of benzene rings is 2. The van der Waals surface area contributed by atoms with Crippen molar-refractivity contribution in [1.82, 2.24) is 0 Å². The van der Waals surface area contributed by atoms with E-state index in [1.165, 1.54) is 0 Å². The van der Waals surface area contributed by atoms with Crippen LogP contribution in [0.2, 0.25) is 0 Å². The Labute approximate surface area is 113 Å². The molecule has 0 heterocycles. The Bertz CT molecular complexity index is 504. The van der Waals surface area contributed by atoms with Crippen LogP contribution >= 0.6 is 0 Å². The molecule has 19 heavy (non-hydrogen) atoms. The van der Waals surface area contributed by atoms with Gasteiger partial charge in [0.1, 0.15) is 0 Å². The minimum absolute atomic E-state index is 0.232. The van der Waals surface area contributed by atoms with E-state index in [2.05, 4.69) is 12.1 Å². The van der Waals surface area contributed by atoms with Crippen LogP contribution in [0.4, 0.5) is 0 Å². The highest BCUT2D eigenvalue weighted by atomic mass is 16.3. The molecule has 100 valence electrons. The average Bonchev–Trinajstić information content (AvgIpc) is 2.49. The normalized spacial score (nSPS) is 11.5. The zero-order valence-electron chi connectivity index (χ0n) is 10.8. The Kier molecular flexibility index (Phi) is 4.32. The lowest BCUT2D eigenvalue weighted by Crippen LogP contribution is -2.49. The minimum atomic E-state index is -0.950. The summed E-state index contributed by atoms with van der Waals surface area (Å²) < 4.78 is 0. The summed E-state index contributed by atoms with van der Waals surface area (Å²) >= 11 is 0. The van der Waals surface area contributed by atoms with E-state index in [1.54, 1.807) is 0 Å². The lowest BCUT2D eigenvalue weighted by atomic mass is 9.92. The Hall–Kier alpha value is -1.68. The fraction of sp³-hybridized carbons (Fsp3) is 0.250. The summed E-state index contributed by atoms with van der Waals surface area (Å²) in [6.45, 7) is -0.464. The van der Waals surface area contributed by atoms with Gasteiger partial charge in [0.25, 0.3) is 0 Å². The first-order valence-electron chi connectivity index (χ1n) is 6.32. The summed E-state index contributed by atoms with van der Waals surface area (Å²) in [5, 5.41) is 18.4. The molecule has 0 aliphatic carbocycles. The molecule has 0 saturated heterocycles. The maximum Gasteiger partial charge on any atom is 0.0663 e. The molecular formula is C16H19NO2. The largest absolute Gasteiger partial charge is 0.394 e. The standard InChI is InChI=1S/C16H19NO2/c17-16(11-18,12-19)10-13-6-8-15(9-7-13)14-4-2-1-3-5-14/h1-9,18-19H,10-12,17H2. The molecule has 0 unspecified atom stereocenters. The van der Waals surface area contributed by atoms with Crippen molar-refractivity contribution in [2.24, 2.45) is 5.73 Å². The van der Waals surface area contributed by atoms with Crippen molar-refractivity contribution >= 4 is 0 Å². The predicted octanol–water partition coefficient (Wildman–Crippen LogP) is 1.58. The second-order valence-corrected chi connectivity index (χ2v) is 4.92. The smallest absolute Gasteiger partial charge is 0.0663 e. The molecule has 3 heteroatoms. The number of aliphatic hydroxyl groups excluding tert-OH is 2. The van der Waals surface area contributed by atoms with E-state index in [0.717, 1.165) is 16.7 Å². The monoisotopic (exact) mass is 257 g/mol. The molecule has 3 nitrogen and oxygen atoms in total. The van der Waals surface area contributed by atoms with Crippen LogP contribution in [0.25, 0.3) is 11.1 Å². The topological polar surface area (TPSA) is 66.5 Å². The Morgan fingerprint density at radius 3 is 1.84 bits per heavy atom. The number of hydrogen-bond donors (Lipinski definition) is 3. The van der Waals surface area contributed by atoms with E-state index in [1.807, 2.05) is 42.5 Å². The molecule has 0 aliphatic heterocycles. The van der Waals surface area contributed by atoms with E-state index < -0.39 is 5.54 Å². The summed E-state index contributed by atoms with van der Waals surface area (Å²) in [5.41, 5.74) is 8.24. The van der Waals surface area contributed by atoms with Crippen molar-refractivity contribution in [3.05, 3.63) is 60.2 Å². The van der Waals surface area contributed by atoms with Gasteiger partial charge in [-0.25, -0.2) is 0 Å². The van der Waals surface area contributed by atoms with Gasteiger partial charge in [0, 0.05) is 0 Å². The van der Waals surface area contributed by atoms with Gasteiger partial charge in [0.15, 0.2) is 0 Å². The first-order valence-corrected chi connectivity index (χ1v) is 6.32. The van der Waals surface area contributed by atoms with Gasteiger partial charge in [-0.3, -0.25) is 0 Å². The number of aliphatic hydroxyl groups is 2. The summed E-state index contributed by atoms with van der Waals surface area (Å²) in [5.74, 6) is 0. The van der Waals surface area contributed by atoms with E-state index in [4.69, 9.17) is 5.73 Å². The van der Waals surface area contributed by atoms with Gasteiger partial charge >= 0.3 is 0 Å².